The first kappa shape index (κ1) is 14.7. The number of aryl methyl sites for hydroxylation is 1. The number of amidine groups is 1. The van der Waals surface area contributed by atoms with Gasteiger partial charge < -0.3 is 11.1 Å². The highest BCUT2D eigenvalue weighted by atomic mass is 15.0. The van der Waals surface area contributed by atoms with Crippen LogP contribution in [0.15, 0.2) is 65.7 Å². The lowest BCUT2D eigenvalue weighted by Crippen LogP contribution is -2.20. The molecule has 0 saturated heterocycles. The molecular formula is C18H17N5. The molecule has 1 aromatic carbocycles. The van der Waals surface area contributed by atoms with Gasteiger partial charge >= 0.3 is 0 Å². The third-order valence-corrected chi connectivity index (χ3v) is 3.51. The predicted octanol–water partition coefficient (Wildman–Crippen LogP) is 2.71. The first-order valence-corrected chi connectivity index (χ1v) is 7.23. The largest absolute Gasteiger partial charge is 0.384 e. The third kappa shape index (κ3) is 3.18. The van der Waals surface area contributed by atoms with E-state index >= 15 is 0 Å². The minimum atomic E-state index is -0.0736. The molecule has 0 amide bonds. The van der Waals surface area contributed by atoms with Gasteiger partial charge in [-0.2, -0.15) is 0 Å². The van der Waals surface area contributed by atoms with Crippen LogP contribution in [0.5, 0.6) is 0 Å². The monoisotopic (exact) mass is 303 g/mol. The number of allylic oxidation sites excluding steroid dienone is 1. The van der Waals surface area contributed by atoms with Crippen molar-refractivity contribution < 1.29 is 0 Å². The second kappa shape index (κ2) is 6.27. The standard InChI is InChI=1S/C18H17N5/c1-12-5-7-13(8-6-12)14-10-22-18(23-11-14)16(17(19)20)15-4-2-3-9-21-15/h2-11,22H,1H3,(H3,19,20)/b18-16-. The van der Waals surface area contributed by atoms with Gasteiger partial charge in [-0.15, -0.1) is 0 Å². The van der Waals surface area contributed by atoms with Gasteiger partial charge in [0.25, 0.3) is 0 Å². The lowest BCUT2D eigenvalue weighted by atomic mass is 10.1. The first-order chi connectivity index (χ1) is 11.1. The topological polar surface area (TPSA) is 87.2 Å². The third-order valence-electron chi connectivity index (χ3n) is 3.51. The van der Waals surface area contributed by atoms with E-state index in [0.29, 0.717) is 17.1 Å². The second-order valence-corrected chi connectivity index (χ2v) is 5.22. The van der Waals surface area contributed by atoms with E-state index in [4.69, 9.17) is 11.1 Å². The molecule has 0 bridgehead atoms. The number of nitrogens with one attached hydrogen (secondary N) is 2. The van der Waals surface area contributed by atoms with Crippen LogP contribution in [0.2, 0.25) is 0 Å². The zero-order valence-corrected chi connectivity index (χ0v) is 12.7. The molecule has 1 aromatic heterocycles. The van der Waals surface area contributed by atoms with Crippen LogP contribution in [0.1, 0.15) is 16.8 Å². The summed E-state index contributed by atoms with van der Waals surface area (Å²) in [5.41, 5.74) is 10.1. The van der Waals surface area contributed by atoms with Crippen LogP contribution in [-0.4, -0.2) is 17.0 Å². The smallest absolute Gasteiger partial charge is 0.143 e. The Hall–Kier alpha value is -3.21. The lowest BCUT2D eigenvalue weighted by Gasteiger charge is -2.15. The van der Waals surface area contributed by atoms with Crippen molar-refractivity contribution in [1.29, 1.82) is 5.41 Å². The van der Waals surface area contributed by atoms with Gasteiger partial charge in [0.15, 0.2) is 0 Å². The number of rotatable bonds is 3. The van der Waals surface area contributed by atoms with Gasteiger partial charge in [0.05, 0.1) is 11.3 Å². The SMILES string of the molecule is Cc1ccc(C2=CN/C(=C(/C(=N)N)c3ccccn3)N=C2)cc1. The molecular weight excluding hydrogens is 286 g/mol. The highest BCUT2D eigenvalue weighted by Crippen LogP contribution is 2.21. The summed E-state index contributed by atoms with van der Waals surface area (Å²) in [4.78, 5) is 8.67. The molecule has 0 radical (unpaired) electrons. The average Bonchev–Trinajstić information content (AvgIpc) is 2.57. The van der Waals surface area contributed by atoms with Crippen LogP contribution >= 0.6 is 0 Å². The van der Waals surface area contributed by atoms with E-state index in [2.05, 4.69) is 34.3 Å². The van der Waals surface area contributed by atoms with Crippen molar-refractivity contribution in [2.24, 2.45) is 10.7 Å². The Morgan fingerprint density at radius 3 is 2.48 bits per heavy atom. The molecule has 114 valence electrons. The van der Waals surface area contributed by atoms with Crippen molar-refractivity contribution >= 4 is 23.2 Å². The molecule has 5 nitrogen and oxygen atoms in total. The molecule has 5 heteroatoms. The van der Waals surface area contributed by atoms with E-state index in [-0.39, 0.29) is 5.84 Å². The van der Waals surface area contributed by atoms with Crippen molar-refractivity contribution in [3.8, 4) is 0 Å². The Labute approximate surface area is 134 Å². The molecule has 1 aliphatic heterocycles. The van der Waals surface area contributed by atoms with Gasteiger partial charge in [-0.1, -0.05) is 35.9 Å². The van der Waals surface area contributed by atoms with Crippen LogP contribution in [0.4, 0.5) is 0 Å². The number of aromatic nitrogens is 1. The Kier molecular flexibility index (Phi) is 4.01. The summed E-state index contributed by atoms with van der Waals surface area (Å²) in [5.74, 6) is 0.447. The van der Waals surface area contributed by atoms with Gasteiger partial charge in [0.1, 0.15) is 11.7 Å². The van der Waals surface area contributed by atoms with Crippen molar-refractivity contribution in [3.63, 3.8) is 0 Å². The molecule has 4 N–H and O–H groups in total. The molecule has 1 aliphatic rings. The second-order valence-electron chi connectivity index (χ2n) is 5.22. The van der Waals surface area contributed by atoms with Gasteiger partial charge in [0, 0.05) is 24.2 Å². The van der Waals surface area contributed by atoms with E-state index in [1.807, 2.05) is 30.5 Å². The molecule has 2 aromatic rings. The van der Waals surface area contributed by atoms with Crippen molar-refractivity contribution in [3.05, 3.63) is 77.5 Å². The van der Waals surface area contributed by atoms with E-state index in [0.717, 1.165) is 11.1 Å². The van der Waals surface area contributed by atoms with Gasteiger partial charge in [0.2, 0.25) is 0 Å². The number of aliphatic imine (C=N–C) groups is 1. The number of hydrogen-bond donors (Lipinski definition) is 3. The molecule has 0 fully saturated rings. The van der Waals surface area contributed by atoms with Gasteiger partial charge in [-0.05, 0) is 24.6 Å². The molecule has 3 rings (SSSR count). The van der Waals surface area contributed by atoms with Gasteiger partial charge in [-0.25, -0.2) is 4.99 Å². The van der Waals surface area contributed by atoms with Crippen molar-refractivity contribution in [2.45, 2.75) is 6.92 Å². The first-order valence-electron chi connectivity index (χ1n) is 7.23. The van der Waals surface area contributed by atoms with E-state index < -0.39 is 0 Å². The normalized spacial score (nSPS) is 15.6. The van der Waals surface area contributed by atoms with E-state index in [9.17, 15) is 0 Å². The molecule has 0 saturated carbocycles. The zero-order valence-electron chi connectivity index (χ0n) is 12.7. The molecule has 0 aliphatic carbocycles. The number of nitrogens with zero attached hydrogens (tertiary/aromatic N) is 2. The van der Waals surface area contributed by atoms with Crippen LogP contribution in [0.25, 0.3) is 11.1 Å². The molecule has 0 unspecified atom stereocenters. The molecule has 23 heavy (non-hydrogen) atoms. The van der Waals surface area contributed by atoms with Crippen LogP contribution in [0.3, 0.4) is 0 Å². The van der Waals surface area contributed by atoms with Gasteiger partial charge in [-0.3, -0.25) is 10.4 Å². The highest BCUT2D eigenvalue weighted by molar-refractivity contribution is 6.21. The van der Waals surface area contributed by atoms with Crippen molar-refractivity contribution in [2.75, 3.05) is 0 Å². The summed E-state index contributed by atoms with van der Waals surface area (Å²) in [5, 5.41) is 10.9. The Balaban J connectivity index is 1.93. The van der Waals surface area contributed by atoms with E-state index in [1.165, 1.54) is 5.56 Å². The number of nitrogens with two attached hydrogens (primary N) is 1. The minimum absolute atomic E-state index is 0.0736. The molecule has 2 heterocycles. The lowest BCUT2D eigenvalue weighted by molar-refractivity contribution is 1.03. The fourth-order valence-corrected chi connectivity index (χ4v) is 2.29. The predicted molar refractivity (Wildman–Crippen MR) is 93.9 cm³/mol. The fraction of sp³-hybridized carbons (Fsp3) is 0.0556. The molecule has 0 atom stereocenters. The maximum atomic E-state index is 7.81. The maximum absolute atomic E-state index is 7.81. The summed E-state index contributed by atoms with van der Waals surface area (Å²) in [7, 11) is 0. The summed E-state index contributed by atoms with van der Waals surface area (Å²) in [6.07, 6.45) is 5.29. The maximum Gasteiger partial charge on any atom is 0.143 e. The van der Waals surface area contributed by atoms with Crippen LogP contribution in [-0.2, 0) is 0 Å². The quantitative estimate of drug-likeness (QED) is 0.602. The molecule has 0 spiro atoms. The minimum Gasteiger partial charge on any atom is -0.384 e. The van der Waals surface area contributed by atoms with Crippen molar-refractivity contribution in [1.82, 2.24) is 10.3 Å². The van der Waals surface area contributed by atoms with E-state index in [1.54, 1.807) is 18.5 Å². The Bertz CT molecular complexity index is 814. The highest BCUT2D eigenvalue weighted by Gasteiger charge is 2.15. The Morgan fingerprint density at radius 2 is 1.91 bits per heavy atom. The number of benzene rings is 1. The summed E-state index contributed by atoms with van der Waals surface area (Å²) < 4.78 is 0. The zero-order chi connectivity index (χ0) is 16.2. The average molecular weight is 303 g/mol. The Morgan fingerprint density at radius 1 is 1.13 bits per heavy atom. The number of hydrogen-bond acceptors (Lipinski definition) is 4. The summed E-state index contributed by atoms with van der Waals surface area (Å²) >= 11 is 0. The number of pyridine rings is 1. The van der Waals surface area contributed by atoms with Crippen LogP contribution < -0.4 is 11.1 Å². The summed E-state index contributed by atoms with van der Waals surface area (Å²) in [6, 6.07) is 13.7. The van der Waals surface area contributed by atoms with Crippen LogP contribution in [0, 0.1) is 12.3 Å². The fourth-order valence-electron chi connectivity index (χ4n) is 2.29. The summed E-state index contributed by atoms with van der Waals surface area (Å²) in [6.45, 7) is 2.05.